The van der Waals surface area contributed by atoms with E-state index in [-0.39, 0.29) is 12.0 Å². The molecular weight excluding hydrogens is 180 g/mol. The van der Waals surface area contributed by atoms with Crippen LogP contribution in [-0.2, 0) is 4.79 Å². The molecule has 2 N–H and O–H groups in total. The summed E-state index contributed by atoms with van der Waals surface area (Å²) in [6, 6.07) is 0. The SMILES string of the molecule is CC1(O)CCC(C=O)(CO)C(C)(C)C1. The Kier molecular flexibility index (Phi) is 2.76. The Balaban J connectivity index is 2.97. The van der Waals surface area contributed by atoms with Crippen molar-refractivity contribution in [1.29, 1.82) is 0 Å². The number of aliphatic hydroxyl groups excluding tert-OH is 1. The Bertz CT molecular complexity index is 233. The maximum Gasteiger partial charge on any atom is 0.128 e. The predicted molar refractivity (Wildman–Crippen MR) is 53.8 cm³/mol. The van der Waals surface area contributed by atoms with Gasteiger partial charge in [0.2, 0.25) is 0 Å². The van der Waals surface area contributed by atoms with Crippen molar-refractivity contribution in [3.63, 3.8) is 0 Å². The molecule has 0 amide bonds. The lowest BCUT2D eigenvalue weighted by molar-refractivity contribution is -0.144. The smallest absolute Gasteiger partial charge is 0.128 e. The summed E-state index contributed by atoms with van der Waals surface area (Å²) in [5.41, 5.74) is -1.72. The van der Waals surface area contributed by atoms with Gasteiger partial charge in [0.05, 0.1) is 17.6 Å². The highest BCUT2D eigenvalue weighted by molar-refractivity contribution is 5.61. The molecule has 1 saturated carbocycles. The minimum atomic E-state index is -0.703. The van der Waals surface area contributed by atoms with E-state index >= 15 is 0 Å². The largest absolute Gasteiger partial charge is 0.395 e. The van der Waals surface area contributed by atoms with Gasteiger partial charge in [0.1, 0.15) is 6.29 Å². The average molecular weight is 200 g/mol. The highest BCUT2D eigenvalue weighted by Crippen LogP contribution is 2.51. The number of aliphatic hydroxyl groups is 2. The van der Waals surface area contributed by atoms with Gasteiger partial charge in [0.25, 0.3) is 0 Å². The van der Waals surface area contributed by atoms with E-state index < -0.39 is 11.0 Å². The van der Waals surface area contributed by atoms with E-state index in [0.29, 0.717) is 19.3 Å². The van der Waals surface area contributed by atoms with Gasteiger partial charge in [-0.15, -0.1) is 0 Å². The molecule has 1 rings (SSSR count). The Morgan fingerprint density at radius 2 is 1.86 bits per heavy atom. The lowest BCUT2D eigenvalue weighted by atomic mass is 9.55. The lowest BCUT2D eigenvalue weighted by Gasteiger charge is -2.50. The second kappa shape index (κ2) is 3.31. The molecule has 82 valence electrons. The number of hydrogen-bond acceptors (Lipinski definition) is 3. The third kappa shape index (κ3) is 1.71. The van der Waals surface area contributed by atoms with Crippen molar-refractivity contribution in [2.75, 3.05) is 6.61 Å². The fraction of sp³-hybridized carbons (Fsp3) is 0.909. The van der Waals surface area contributed by atoms with Gasteiger partial charge in [0.15, 0.2) is 0 Å². The van der Waals surface area contributed by atoms with Gasteiger partial charge < -0.3 is 15.0 Å². The van der Waals surface area contributed by atoms with Crippen molar-refractivity contribution >= 4 is 6.29 Å². The molecule has 0 aromatic rings. The normalized spacial score (nSPS) is 42.1. The van der Waals surface area contributed by atoms with Crippen LogP contribution in [0.25, 0.3) is 0 Å². The van der Waals surface area contributed by atoms with Gasteiger partial charge in [0, 0.05) is 0 Å². The van der Waals surface area contributed by atoms with Crippen molar-refractivity contribution in [2.24, 2.45) is 10.8 Å². The van der Waals surface area contributed by atoms with E-state index in [4.69, 9.17) is 0 Å². The van der Waals surface area contributed by atoms with Gasteiger partial charge in [-0.25, -0.2) is 0 Å². The number of hydrogen-bond donors (Lipinski definition) is 2. The molecule has 0 radical (unpaired) electrons. The number of aldehydes is 1. The van der Waals surface area contributed by atoms with Crippen molar-refractivity contribution in [1.82, 2.24) is 0 Å². The van der Waals surface area contributed by atoms with Crippen LogP contribution in [0.15, 0.2) is 0 Å². The van der Waals surface area contributed by atoms with Gasteiger partial charge in [-0.3, -0.25) is 0 Å². The third-order valence-electron chi connectivity index (χ3n) is 3.79. The van der Waals surface area contributed by atoms with Crippen LogP contribution in [-0.4, -0.2) is 28.7 Å². The summed E-state index contributed by atoms with van der Waals surface area (Å²) in [5.74, 6) is 0. The van der Waals surface area contributed by atoms with E-state index in [0.717, 1.165) is 6.29 Å². The molecule has 14 heavy (non-hydrogen) atoms. The Morgan fingerprint density at radius 3 is 2.21 bits per heavy atom. The Hall–Kier alpha value is -0.410. The molecule has 0 aliphatic heterocycles. The first-order valence-electron chi connectivity index (χ1n) is 5.08. The fourth-order valence-corrected chi connectivity index (χ4v) is 2.60. The summed E-state index contributed by atoms with van der Waals surface area (Å²) >= 11 is 0. The third-order valence-corrected chi connectivity index (χ3v) is 3.79. The van der Waals surface area contributed by atoms with Gasteiger partial charge in [-0.05, 0) is 31.6 Å². The van der Waals surface area contributed by atoms with Gasteiger partial charge >= 0.3 is 0 Å². The van der Waals surface area contributed by atoms with Crippen LogP contribution in [0.3, 0.4) is 0 Å². The van der Waals surface area contributed by atoms with Crippen LogP contribution in [0.2, 0.25) is 0 Å². The molecule has 0 bridgehead atoms. The van der Waals surface area contributed by atoms with Crippen molar-refractivity contribution in [2.45, 2.75) is 45.6 Å². The summed E-state index contributed by atoms with van der Waals surface area (Å²) in [4.78, 5) is 11.1. The summed E-state index contributed by atoms with van der Waals surface area (Å²) in [6.45, 7) is 5.54. The van der Waals surface area contributed by atoms with Gasteiger partial charge in [-0.2, -0.15) is 0 Å². The van der Waals surface area contributed by atoms with Crippen LogP contribution < -0.4 is 0 Å². The molecule has 1 aliphatic rings. The number of rotatable bonds is 2. The van der Waals surface area contributed by atoms with E-state index in [9.17, 15) is 15.0 Å². The molecule has 0 aromatic carbocycles. The topological polar surface area (TPSA) is 57.5 Å². The first-order valence-corrected chi connectivity index (χ1v) is 5.08. The number of carbonyl (C=O) groups is 1. The second-order valence-corrected chi connectivity index (χ2v) is 5.49. The molecule has 1 fully saturated rings. The maximum atomic E-state index is 11.1. The molecule has 0 saturated heterocycles. The summed E-state index contributed by atoms with van der Waals surface area (Å²) in [6.07, 6.45) is 2.56. The monoisotopic (exact) mass is 200 g/mol. The zero-order chi connectivity index (χ0) is 11.0. The van der Waals surface area contributed by atoms with Crippen molar-refractivity contribution in [3.05, 3.63) is 0 Å². The standard InChI is InChI=1S/C11H20O3/c1-9(2)6-10(3,14)4-5-11(9,7-12)8-13/h7,13-14H,4-6,8H2,1-3H3. The summed E-state index contributed by atoms with van der Waals surface area (Å²) in [5, 5.41) is 19.3. The van der Waals surface area contributed by atoms with E-state index in [2.05, 4.69) is 0 Å². The van der Waals surface area contributed by atoms with Crippen LogP contribution >= 0.6 is 0 Å². The molecule has 2 unspecified atom stereocenters. The molecule has 0 spiro atoms. The molecule has 2 atom stereocenters. The lowest BCUT2D eigenvalue weighted by Crippen LogP contribution is -2.52. The predicted octanol–water partition coefficient (Wildman–Crippen LogP) is 1.13. The molecule has 0 heterocycles. The van der Waals surface area contributed by atoms with Crippen LogP contribution in [0.4, 0.5) is 0 Å². The van der Waals surface area contributed by atoms with E-state index in [1.807, 2.05) is 13.8 Å². The minimum Gasteiger partial charge on any atom is -0.395 e. The highest BCUT2D eigenvalue weighted by atomic mass is 16.3. The molecular formula is C11H20O3. The summed E-state index contributed by atoms with van der Waals surface area (Å²) in [7, 11) is 0. The maximum absolute atomic E-state index is 11.1. The summed E-state index contributed by atoms with van der Waals surface area (Å²) < 4.78 is 0. The second-order valence-electron chi connectivity index (χ2n) is 5.49. The van der Waals surface area contributed by atoms with Crippen LogP contribution in [0.1, 0.15) is 40.0 Å². The molecule has 1 aliphatic carbocycles. The fourth-order valence-electron chi connectivity index (χ4n) is 2.60. The zero-order valence-electron chi connectivity index (χ0n) is 9.21. The molecule has 3 heteroatoms. The molecule has 0 aromatic heterocycles. The highest BCUT2D eigenvalue weighted by Gasteiger charge is 2.51. The minimum absolute atomic E-state index is 0.125. The quantitative estimate of drug-likeness (QED) is 0.657. The zero-order valence-corrected chi connectivity index (χ0v) is 9.21. The molecule has 3 nitrogen and oxygen atoms in total. The van der Waals surface area contributed by atoms with Crippen LogP contribution in [0.5, 0.6) is 0 Å². The first kappa shape index (κ1) is 11.7. The Labute approximate surface area is 85.1 Å². The average Bonchev–Trinajstić information content (AvgIpc) is 2.03. The van der Waals surface area contributed by atoms with E-state index in [1.54, 1.807) is 6.92 Å². The van der Waals surface area contributed by atoms with E-state index in [1.165, 1.54) is 0 Å². The number of carbonyl (C=O) groups excluding carboxylic acids is 1. The van der Waals surface area contributed by atoms with Crippen molar-refractivity contribution < 1.29 is 15.0 Å². The first-order chi connectivity index (χ1) is 6.29. The van der Waals surface area contributed by atoms with Crippen molar-refractivity contribution in [3.8, 4) is 0 Å². The van der Waals surface area contributed by atoms with Crippen LogP contribution in [0, 0.1) is 10.8 Å². The van der Waals surface area contributed by atoms with Gasteiger partial charge in [-0.1, -0.05) is 13.8 Å². The Morgan fingerprint density at radius 1 is 1.29 bits per heavy atom.